The lowest BCUT2D eigenvalue weighted by Gasteiger charge is -2.31. The van der Waals surface area contributed by atoms with Crippen molar-refractivity contribution in [2.75, 3.05) is 6.54 Å². The van der Waals surface area contributed by atoms with E-state index in [1.807, 2.05) is 0 Å². The molecule has 2 N–H and O–H groups in total. The zero-order valence-electron chi connectivity index (χ0n) is 11.8. The summed E-state index contributed by atoms with van der Waals surface area (Å²) in [4.78, 5) is 25.8. The SMILES string of the molecule is O=C(NC[C@H]1CCCCC1(F)F)c1cccc2oc(=O)[nH]c12. The highest BCUT2D eigenvalue weighted by Crippen LogP contribution is 2.37. The van der Waals surface area contributed by atoms with Crippen LogP contribution in [0.1, 0.15) is 36.0 Å². The average Bonchev–Trinajstić information content (AvgIpc) is 2.85. The molecule has 118 valence electrons. The van der Waals surface area contributed by atoms with Crippen LogP contribution in [0, 0.1) is 5.92 Å². The molecule has 0 saturated heterocycles. The Kier molecular flexibility index (Phi) is 3.72. The standard InChI is InChI=1S/C15H16F2N2O3/c16-15(17)7-2-1-4-9(15)8-18-13(20)10-5-3-6-11-12(10)19-14(21)22-11/h3,5-6,9H,1-2,4,7-8H2,(H,18,20)(H,19,21)/t9-/m1/s1. The van der Waals surface area contributed by atoms with E-state index in [4.69, 9.17) is 4.42 Å². The van der Waals surface area contributed by atoms with Gasteiger partial charge in [0.25, 0.3) is 11.8 Å². The van der Waals surface area contributed by atoms with Gasteiger partial charge >= 0.3 is 5.76 Å². The normalized spacial score (nSPS) is 20.9. The molecule has 7 heteroatoms. The number of alkyl halides is 2. The van der Waals surface area contributed by atoms with Gasteiger partial charge in [0.2, 0.25) is 0 Å². The van der Waals surface area contributed by atoms with Crippen LogP contribution in [0.25, 0.3) is 11.1 Å². The van der Waals surface area contributed by atoms with Gasteiger partial charge in [-0.25, -0.2) is 13.6 Å². The number of hydrogen-bond donors (Lipinski definition) is 2. The molecule has 1 saturated carbocycles. The number of oxazole rings is 1. The van der Waals surface area contributed by atoms with Crippen molar-refractivity contribution in [3.05, 3.63) is 34.3 Å². The van der Waals surface area contributed by atoms with Crippen LogP contribution in [0.2, 0.25) is 0 Å². The van der Waals surface area contributed by atoms with Crippen LogP contribution < -0.4 is 11.1 Å². The van der Waals surface area contributed by atoms with Crippen LogP contribution >= 0.6 is 0 Å². The molecule has 1 aromatic carbocycles. The number of aromatic amines is 1. The van der Waals surface area contributed by atoms with Gasteiger partial charge in [-0.1, -0.05) is 12.5 Å². The second kappa shape index (κ2) is 5.55. The maximum absolute atomic E-state index is 13.8. The molecule has 0 aliphatic heterocycles. The van der Waals surface area contributed by atoms with Crippen molar-refractivity contribution in [1.29, 1.82) is 0 Å². The number of hydrogen-bond acceptors (Lipinski definition) is 3. The first kappa shape index (κ1) is 14.7. The van der Waals surface area contributed by atoms with E-state index in [9.17, 15) is 18.4 Å². The third-order valence-electron chi connectivity index (χ3n) is 4.12. The second-order valence-electron chi connectivity index (χ2n) is 5.61. The van der Waals surface area contributed by atoms with Crippen molar-refractivity contribution < 1.29 is 18.0 Å². The van der Waals surface area contributed by atoms with E-state index in [-0.39, 0.29) is 29.6 Å². The van der Waals surface area contributed by atoms with E-state index in [0.717, 1.165) is 6.42 Å². The summed E-state index contributed by atoms with van der Waals surface area (Å²) in [6.07, 6.45) is 1.55. The number of carbonyl (C=O) groups excluding carboxylic acids is 1. The predicted molar refractivity (Wildman–Crippen MR) is 76.1 cm³/mol. The van der Waals surface area contributed by atoms with Crippen molar-refractivity contribution in [2.24, 2.45) is 5.92 Å². The molecule has 1 amide bonds. The molecule has 5 nitrogen and oxygen atoms in total. The van der Waals surface area contributed by atoms with E-state index in [2.05, 4.69) is 10.3 Å². The average molecular weight is 310 g/mol. The van der Waals surface area contributed by atoms with Gasteiger partial charge in [-0.2, -0.15) is 0 Å². The molecular weight excluding hydrogens is 294 g/mol. The molecule has 1 aliphatic rings. The lowest BCUT2D eigenvalue weighted by Crippen LogP contribution is -2.40. The molecule has 22 heavy (non-hydrogen) atoms. The van der Waals surface area contributed by atoms with Crippen molar-refractivity contribution in [3.8, 4) is 0 Å². The number of carbonyl (C=O) groups is 1. The maximum Gasteiger partial charge on any atom is 0.417 e. The Morgan fingerprint density at radius 3 is 3.00 bits per heavy atom. The Hall–Kier alpha value is -2.18. The van der Waals surface area contributed by atoms with E-state index < -0.39 is 23.5 Å². The molecule has 1 aliphatic carbocycles. The second-order valence-corrected chi connectivity index (χ2v) is 5.61. The summed E-state index contributed by atoms with van der Waals surface area (Å²) in [5, 5.41) is 2.54. The summed E-state index contributed by atoms with van der Waals surface area (Å²) in [5.74, 6) is -4.73. The number of para-hydroxylation sites is 1. The summed E-state index contributed by atoms with van der Waals surface area (Å²) in [6.45, 7) is -0.0791. The number of H-pyrrole nitrogens is 1. The third-order valence-corrected chi connectivity index (χ3v) is 4.12. The first-order chi connectivity index (χ1) is 10.5. The van der Waals surface area contributed by atoms with Crippen molar-refractivity contribution in [1.82, 2.24) is 10.3 Å². The number of amides is 1. The van der Waals surface area contributed by atoms with Crippen LogP contribution in [0.15, 0.2) is 27.4 Å². The van der Waals surface area contributed by atoms with Crippen LogP contribution in [-0.2, 0) is 0 Å². The minimum Gasteiger partial charge on any atom is -0.408 e. The first-order valence-corrected chi connectivity index (χ1v) is 7.25. The van der Waals surface area contributed by atoms with Crippen LogP contribution in [0.5, 0.6) is 0 Å². The lowest BCUT2D eigenvalue weighted by atomic mass is 9.85. The van der Waals surface area contributed by atoms with Crippen LogP contribution in [0.3, 0.4) is 0 Å². The van der Waals surface area contributed by atoms with Gasteiger partial charge in [-0.15, -0.1) is 0 Å². The Bertz CT molecular complexity index is 751. The number of nitrogens with one attached hydrogen (secondary N) is 2. The minimum atomic E-state index is -2.73. The van der Waals surface area contributed by atoms with Gasteiger partial charge in [0, 0.05) is 18.9 Å². The smallest absolute Gasteiger partial charge is 0.408 e. The summed E-state index contributed by atoms with van der Waals surface area (Å²) in [5.41, 5.74) is 0.753. The summed E-state index contributed by atoms with van der Waals surface area (Å²) in [6, 6.07) is 4.64. The van der Waals surface area contributed by atoms with Crippen molar-refractivity contribution >= 4 is 17.0 Å². The Labute approximate surface area is 124 Å². The molecule has 0 spiro atoms. The molecule has 0 bridgehead atoms. The number of aromatic nitrogens is 1. The molecule has 2 aromatic rings. The molecule has 1 fully saturated rings. The number of halogens is 2. The van der Waals surface area contributed by atoms with Gasteiger partial charge in [0.05, 0.1) is 11.1 Å². The number of rotatable bonds is 3. The Balaban J connectivity index is 1.75. The zero-order valence-corrected chi connectivity index (χ0v) is 11.8. The Morgan fingerprint density at radius 2 is 2.23 bits per heavy atom. The molecule has 3 rings (SSSR count). The fraction of sp³-hybridized carbons (Fsp3) is 0.467. The van der Waals surface area contributed by atoms with Crippen LogP contribution in [0.4, 0.5) is 8.78 Å². The van der Waals surface area contributed by atoms with Crippen molar-refractivity contribution in [3.63, 3.8) is 0 Å². The fourth-order valence-electron chi connectivity index (χ4n) is 2.89. The number of fused-ring (bicyclic) bond motifs is 1. The van der Waals surface area contributed by atoms with Crippen LogP contribution in [-0.4, -0.2) is 23.4 Å². The molecule has 0 radical (unpaired) electrons. The van der Waals surface area contributed by atoms with E-state index in [1.54, 1.807) is 12.1 Å². The lowest BCUT2D eigenvalue weighted by molar-refractivity contribution is -0.0835. The van der Waals surface area contributed by atoms with Gasteiger partial charge in [0.15, 0.2) is 5.58 Å². The molecule has 1 aromatic heterocycles. The Morgan fingerprint density at radius 1 is 1.41 bits per heavy atom. The van der Waals surface area contributed by atoms with E-state index >= 15 is 0 Å². The number of benzene rings is 1. The topological polar surface area (TPSA) is 75.1 Å². The first-order valence-electron chi connectivity index (χ1n) is 7.25. The third kappa shape index (κ3) is 2.75. The monoisotopic (exact) mass is 310 g/mol. The fourth-order valence-corrected chi connectivity index (χ4v) is 2.89. The van der Waals surface area contributed by atoms with Gasteiger partial charge in [0.1, 0.15) is 0 Å². The highest BCUT2D eigenvalue weighted by Gasteiger charge is 2.41. The largest absolute Gasteiger partial charge is 0.417 e. The van der Waals surface area contributed by atoms with Gasteiger partial charge < -0.3 is 9.73 Å². The molecule has 0 unspecified atom stereocenters. The summed E-state index contributed by atoms with van der Waals surface area (Å²) < 4.78 is 32.4. The molecule has 1 heterocycles. The minimum absolute atomic E-state index is 0.0791. The van der Waals surface area contributed by atoms with E-state index in [0.29, 0.717) is 12.8 Å². The quantitative estimate of drug-likeness (QED) is 0.915. The summed E-state index contributed by atoms with van der Waals surface area (Å²) >= 11 is 0. The maximum atomic E-state index is 13.8. The van der Waals surface area contributed by atoms with Gasteiger partial charge in [-0.05, 0) is 25.0 Å². The highest BCUT2D eigenvalue weighted by molar-refractivity contribution is 6.04. The zero-order chi connectivity index (χ0) is 15.7. The summed E-state index contributed by atoms with van der Waals surface area (Å²) in [7, 11) is 0. The van der Waals surface area contributed by atoms with Gasteiger partial charge in [-0.3, -0.25) is 9.78 Å². The predicted octanol–water partition coefficient (Wildman–Crippen LogP) is 2.68. The van der Waals surface area contributed by atoms with E-state index in [1.165, 1.54) is 6.07 Å². The highest BCUT2D eigenvalue weighted by atomic mass is 19.3. The van der Waals surface area contributed by atoms with Crippen molar-refractivity contribution in [2.45, 2.75) is 31.6 Å². The molecular formula is C15H16F2N2O3. The molecule has 1 atom stereocenters.